The van der Waals surface area contributed by atoms with Gasteiger partial charge in [-0.3, -0.25) is 0 Å². The van der Waals surface area contributed by atoms with E-state index in [0.29, 0.717) is 11.5 Å². The van der Waals surface area contributed by atoms with Crippen molar-refractivity contribution < 1.29 is 9.47 Å². The lowest BCUT2D eigenvalue weighted by atomic mass is 9.75. The average Bonchev–Trinajstić information content (AvgIpc) is 2.91. The molecule has 18 heavy (non-hydrogen) atoms. The van der Waals surface area contributed by atoms with Crippen LogP contribution in [0.25, 0.3) is 0 Å². The second-order valence-corrected chi connectivity index (χ2v) is 5.92. The third-order valence-corrected chi connectivity index (χ3v) is 4.56. The molecule has 1 unspecified atom stereocenters. The summed E-state index contributed by atoms with van der Waals surface area (Å²) >= 11 is 0. The van der Waals surface area contributed by atoms with Crippen LogP contribution in [-0.4, -0.2) is 39.0 Å². The van der Waals surface area contributed by atoms with Crippen LogP contribution in [-0.2, 0) is 9.47 Å². The van der Waals surface area contributed by atoms with Crippen LogP contribution in [0, 0.1) is 5.41 Å². The molecule has 0 aromatic carbocycles. The van der Waals surface area contributed by atoms with Gasteiger partial charge in [0, 0.05) is 26.4 Å². The van der Waals surface area contributed by atoms with E-state index in [1.807, 2.05) is 0 Å². The van der Waals surface area contributed by atoms with Crippen LogP contribution in [0.1, 0.15) is 51.9 Å². The lowest BCUT2D eigenvalue weighted by Gasteiger charge is -2.37. The molecule has 0 aromatic heterocycles. The highest BCUT2D eigenvalue weighted by Crippen LogP contribution is 2.36. The average molecular weight is 255 g/mol. The van der Waals surface area contributed by atoms with Gasteiger partial charge < -0.3 is 14.8 Å². The van der Waals surface area contributed by atoms with Crippen LogP contribution in [0.2, 0.25) is 0 Å². The zero-order valence-electron chi connectivity index (χ0n) is 11.9. The fourth-order valence-electron chi connectivity index (χ4n) is 3.29. The highest BCUT2D eigenvalue weighted by Gasteiger charge is 2.31. The summed E-state index contributed by atoms with van der Waals surface area (Å²) in [7, 11) is 0. The largest absolute Gasteiger partial charge is 0.381 e. The Kier molecular flexibility index (Phi) is 5.93. The summed E-state index contributed by atoms with van der Waals surface area (Å²) in [6.07, 6.45) is 9.47. The molecule has 2 saturated heterocycles. The van der Waals surface area contributed by atoms with Gasteiger partial charge in [0.15, 0.2) is 0 Å². The number of rotatable bonds is 7. The Bertz CT molecular complexity index is 221. The number of hydrogen-bond donors (Lipinski definition) is 1. The van der Waals surface area contributed by atoms with Crippen LogP contribution in [0.5, 0.6) is 0 Å². The molecule has 2 fully saturated rings. The van der Waals surface area contributed by atoms with Crippen LogP contribution in [0.3, 0.4) is 0 Å². The molecule has 1 atom stereocenters. The normalized spacial score (nSPS) is 27.5. The highest BCUT2D eigenvalue weighted by atomic mass is 16.5. The maximum absolute atomic E-state index is 5.72. The number of ether oxygens (including phenoxy) is 2. The molecule has 3 nitrogen and oxygen atoms in total. The number of hydrogen-bond acceptors (Lipinski definition) is 3. The molecule has 0 saturated carbocycles. The Morgan fingerprint density at radius 2 is 2.06 bits per heavy atom. The Hall–Kier alpha value is -0.120. The lowest BCUT2D eigenvalue weighted by molar-refractivity contribution is 0.00704. The maximum atomic E-state index is 5.72. The second kappa shape index (κ2) is 7.46. The maximum Gasteiger partial charge on any atom is 0.0576 e. The molecule has 2 aliphatic heterocycles. The van der Waals surface area contributed by atoms with E-state index in [2.05, 4.69) is 12.2 Å². The Balaban J connectivity index is 1.73. The zero-order valence-corrected chi connectivity index (χ0v) is 11.9. The minimum absolute atomic E-state index is 0.493. The third-order valence-electron chi connectivity index (χ3n) is 4.56. The summed E-state index contributed by atoms with van der Waals surface area (Å²) in [4.78, 5) is 0. The second-order valence-electron chi connectivity index (χ2n) is 5.92. The molecule has 106 valence electrons. The van der Waals surface area contributed by atoms with Crippen molar-refractivity contribution in [2.45, 2.75) is 58.0 Å². The quantitative estimate of drug-likeness (QED) is 0.759. The van der Waals surface area contributed by atoms with Gasteiger partial charge in [-0.15, -0.1) is 0 Å². The van der Waals surface area contributed by atoms with Crippen LogP contribution in [0.4, 0.5) is 0 Å². The molecule has 0 radical (unpaired) electrons. The summed E-state index contributed by atoms with van der Waals surface area (Å²) in [6, 6.07) is 0. The summed E-state index contributed by atoms with van der Waals surface area (Å²) < 4.78 is 11.2. The summed E-state index contributed by atoms with van der Waals surface area (Å²) in [5.74, 6) is 0. The first-order valence-corrected chi connectivity index (χ1v) is 7.75. The van der Waals surface area contributed by atoms with Gasteiger partial charge in [-0.05, 0) is 50.5 Å². The summed E-state index contributed by atoms with van der Waals surface area (Å²) in [5, 5.41) is 3.55. The molecule has 0 aromatic rings. The molecule has 0 spiro atoms. The van der Waals surface area contributed by atoms with Crippen molar-refractivity contribution in [1.29, 1.82) is 0 Å². The van der Waals surface area contributed by atoms with E-state index in [-0.39, 0.29) is 0 Å². The smallest absolute Gasteiger partial charge is 0.0576 e. The van der Waals surface area contributed by atoms with Gasteiger partial charge in [0.2, 0.25) is 0 Å². The van der Waals surface area contributed by atoms with E-state index in [4.69, 9.17) is 9.47 Å². The molecular formula is C15H29NO2. The van der Waals surface area contributed by atoms with Crippen LogP contribution >= 0.6 is 0 Å². The monoisotopic (exact) mass is 255 g/mol. The van der Waals surface area contributed by atoms with Gasteiger partial charge in [-0.2, -0.15) is 0 Å². The molecule has 2 heterocycles. The van der Waals surface area contributed by atoms with Crippen molar-refractivity contribution in [3.05, 3.63) is 0 Å². The SMILES string of the molecule is CCNCC1(CCCC2CCCO2)CCOCC1. The predicted octanol–water partition coefficient (Wildman–Crippen LogP) is 2.74. The van der Waals surface area contributed by atoms with Gasteiger partial charge in [-0.25, -0.2) is 0 Å². The molecular weight excluding hydrogens is 226 g/mol. The Labute approximate surface area is 112 Å². The summed E-state index contributed by atoms with van der Waals surface area (Å²) in [5.41, 5.74) is 0.493. The van der Waals surface area contributed by atoms with E-state index in [1.54, 1.807) is 0 Å². The standard InChI is InChI=1S/C15H29NO2/c1-2-16-13-15(8-11-17-12-9-15)7-3-5-14-6-4-10-18-14/h14,16H,2-13H2,1H3. The molecule has 0 aliphatic carbocycles. The Morgan fingerprint density at radius 1 is 1.22 bits per heavy atom. The van der Waals surface area contributed by atoms with E-state index >= 15 is 0 Å². The Morgan fingerprint density at radius 3 is 2.72 bits per heavy atom. The first-order chi connectivity index (χ1) is 8.85. The number of nitrogens with one attached hydrogen (secondary N) is 1. The first kappa shape index (κ1) is 14.3. The highest BCUT2D eigenvalue weighted by molar-refractivity contribution is 4.84. The van der Waals surface area contributed by atoms with Crippen molar-refractivity contribution in [3.8, 4) is 0 Å². The zero-order chi connectivity index (χ0) is 12.7. The molecule has 1 N–H and O–H groups in total. The minimum atomic E-state index is 0.493. The van der Waals surface area contributed by atoms with Gasteiger partial charge in [0.25, 0.3) is 0 Å². The molecule has 2 rings (SSSR count). The minimum Gasteiger partial charge on any atom is -0.381 e. The lowest BCUT2D eigenvalue weighted by Crippen LogP contribution is -2.39. The van der Waals surface area contributed by atoms with E-state index in [1.165, 1.54) is 51.5 Å². The van der Waals surface area contributed by atoms with Crippen LogP contribution < -0.4 is 5.32 Å². The van der Waals surface area contributed by atoms with E-state index in [9.17, 15) is 0 Å². The first-order valence-electron chi connectivity index (χ1n) is 7.75. The molecule has 2 aliphatic rings. The topological polar surface area (TPSA) is 30.5 Å². The molecule has 0 bridgehead atoms. The third kappa shape index (κ3) is 4.22. The van der Waals surface area contributed by atoms with Gasteiger partial charge >= 0.3 is 0 Å². The van der Waals surface area contributed by atoms with Crippen molar-refractivity contribution in [1.82, 2.24) is 5.32 Å². The summed E-state index contributed by atoms with van der Waals surface area (Å²) in [6.45, 7) is 7.32. The fraction of sp³-hybridized carbons (Fsp3) is 1.00. The van der Waals surface area contributed by atoms with Gasteiger partial charge in [0.05, 0.1) is 6.10 Å². The molecule has 0 amide bonds. The van der Waals surface area contributed by atoms with Crippen LogP contribution in [0.15, 0.2) is 0 Å². The van der Waals surface area contributed by atoms with Crippen molar-refractivity contribution in [2.75, 3.05) is 32.9 Å². The van der Waals surface area contributed by atoms with Gasteiger partial charge in [0.1, 0.15) is 0 Å². The molecule has 3 heteroatoms. The van der Waals surface area contributed by atoms with Crippen molar-refractivity contribution >= 4 is 0 Å². The van der Waals surface area contributed by atoms with Gasteiger partial charge in [-0.1, -0.05) is 13.3 Å². The van der Waals surface area contributed by atoms with Crippen molar-refractivity contribution in [2.24, 2.45) is 5.41 Å². The van der Waals surface area contributed by atoms with E-state index < -0.39 is 0 Å². The predicted molar refractivity (Wildman–Crippen MR) is 73.9 cm³/mol. The van der Waals surface area contributed by atoms with Crippen molar-refractivity contribution in [3.63, 3.8) is 0 Å². The fourth-order valence-corrected chi connectivity index (χ4v) is 3.29. The van der Waals surface area contributed by atoms with E-state index in [0.717, 1.165) is 26.4 Å².